The van der Waals surface area contributed by atoms with Crippen molar-refractivity contribution in [3.05, 3.63) is 34.8 Å². The summed E-state index contributed by atoms with van der Waals surface area (Å²) in [5.74, 6) is 1.09. The molecule has 1 N–H and O–H groups in total. The maximum Gasteiger partial charge on any atom is 0.122 e. The molecule has 2 heterocycles. The van der Waals surface area contributed by atoms with Gasteiger partial charge in [0.25, 0.3) is 0 Å². The molecule has 0 aliphatic carbocycles. The molecule has 0 radical (unpaired) electrons. The van der Waals surface area contributed by atoms with E-state index in [9.17, 15) is 0 Å². The topological polar surface area (TPSA) is 42.7 Å². The van der Waals surface area contributed by atoms with Crippen molar-refractivity contribution in [1.29, 1.82) is 0 Å². The Hall–Kier alpha value is -1.20. The highest BCUT2D eigenvalue weighted by atomic mass is 32.1. The van der Waals surface area contributed by atoms with Crippen LogP contribution in [0.1, 0.15) is 24.0 Å². The van der Waals surface area contributed by atoms with E-state index in [0.29, 0.717) is 0 Å². The molecule has 0 aromatic carbocycles. The fourth-order valence-electron chi connectivity index (χ4n) is 1.52. The van der Waals surface area contributed by atoms with Crippen molar-refractivity contribution >= 4 is 11.3 Å². The van der Waals surface area contributed by atoms with E-state index in [2.05, 4.69) is 26.8 Å². The van der Waals surface area contributed by atoms with Gasteiger partial charge in [-0.05, 0) is 13.0 Å². The predicted molar refractivity (Wildman–Crippen MR) is 65.4 cm³/mol. The Bertz CT molecular complexity index is 407. The number of hydrogen-bond acceptors (Lipinski definition) is 4. The molecule has 0 spiro atoms. The summed E-state index contributed by atoms with van der Waals surface area (Å²) in [6.45, 7) is 4.90. The number of rotatable bonds is 6. The highest BCUT2D eigenvalue weighted by Crippen LogP contribution is 2.09. The normalized spacial score (nSPS) is 10.8. The number of aromatic nitrogens is 3. The molecular formula is C11H16N4S. The standard InChI is InChI=1S/C11H16N4S/c1-2-3-12-7-11-14-4-5-15(11)8-10-6-13-9-16-10/h4-6,9,12H,2-3,7-8H2,1H3. The first-order valence-electron chi connectivity index (χ1n) is 5.48. The zero-order valence-electron chi connectivity index (χ0n) is 9.39. The molecule has 4 nitrogen and oxygen atoms in total. The second-order valence-corrected chi connectivity index (χ2v) is 4.59. The Balaban J connectivity index is 1.96. The van der Waals surface area contributed by atoms with Gasteiger partial charge in [0.2, 0.25) is 0 Å². The second-order valence-electron chi connectivity index (χ2n) is 3.62. The first kappa shape index (κ1) is 11.3. The average molecular weight is 236 g/mol. The van der Waals surface area contributed by atoms with Gasteiger partial charge in [0.1, 0.15) is 5.82 Å². The van der Waals surface area contributed by atoms with Crippen molar-refractivity contribution in [3.63, 3.8) is 0 Å². The van der Waals surface area contributed by atoms with Crippen molar-refractivity contribution in [2.24, 2.45) is 0 Å². The van der Waals surface area contributed by atoms with Crippen LogP contribution in [-0.4, -0.2) is 21.1 Å². The molecule has 2 aromatic rings. The van der Waals surface area contributed by atoms with Gasteiger partial charge in [0, 0.05) is 23.5 Å². The van der Waals surface area contributed by atoms with Crippen LogP contribution in [0.2, 0.25) is 0 Å². The summed E-state index contributed by atoms with van der Waals surface area (Å²) < 4.78 is 2.16. The van der Waals surface area contributed by atoms with Gasteiger partial charge in [-0.3, -0.25) is 4.98 Å². The van der Waals surface area contributed by atoms with E-state index in [1.165, 1.54) is 4.88 Å². The predicted octanol–water partition coefficient (Wildman–Crippen LogP) is 1.89. The van der Waals surface area contributed by atoms with Crippen molar-refractivity contribution < 1.29 is 0 Å². The van der Waals surface area contributed by atoms with Crippen LogP contribution in [-0.2, 0) is 13.1 Å². The molecule has 0 atom stereocenters. The number of imidazole rings is 1. The molecule has 0 saturated carbocycles. The van der Waals surface area contributed by atoms with Gasteiger partial charge >= 0.3 is 0 Å². The van der Waals surface area contributed by atoms with E-state index in [-0.39, 0.29) is 0 Å². The molecular weight excluding hydrogens is 220 g/mol. The van der Waals surface area contributed by atoms with Gasteiger partial charge in [0.15, 0.2) is 0 Å². The van der Waals surface area contributed by atoms with E-state index >= 15 is 0 Å². The molecule has 0 unspecified atom stereocenters. The molecule has 0 saturated heterocycles. The Morgan fingerprint density at radius 2 is 2.44 bits per heavy atom. The summed E-state index contributed by atoms with van der Waals surface area (Å²) in [4.78, 5) is 9.69. The van der Waals surface area contributed by atoms with Gasteiger partial charge in [-0.15, -0.1) is 11.3 Å². The molecule has 5 heteroatoms. The molecule has 2 aromatic heterocycles. The van der Waals surface area contributed by atoms with E-state index in [4.69, 9.17) is 0 Å². The molecule has 0 bridgehead atoms. The molecule has 16 heavy (non-hydrogen) atoms. The zero-order chi connectivity index (χ0) is 11.2. The first-order chi connectivity index (χ1) is 7.90. The minimum atomic E-state index is 0.833. The van der Waals surface area contributed by atoms with Crippen LogP contribution in [0.4, 0.5) is 0 Å². The Labute approximate surface area is 99.4 Å². The lowest BCUT2D eigenvalue weighted by Gasteiger charge is -2.06. The van der Waals surface area contributed by atoms with E-state index in [1.807, 2.05) is 24.1 Å². The van der Waals surface area contributed by atoms with Gasteiger partial charge in [-0.2, -0.15) is 0 Å². The third-order valence-electron chi connectivity index (χ3n) is 2.32. The monoisotopic (exact) mass is 236 g/mol. The van der Waals surface area contributed by atoms with E-state index in [0.717, 1.165) is 31.9 Å². The van der Waals surface area contributed by atoms with Crippen LogP contribution < -0.4 is 5.32 Å². The van der Waals surface area contributed by atoms with E-state index in [1.54, 1.807) is 11.3 Å². The SMILES string of the molecule is CCCNCc1nccn1Cc1cncs1. The summed E-state index contributed by atoms with van der Waals surface area (Å²) in [7, 11) is 0. The van der Waals surface area contributed by atoms with Gasteiger partial charge < -0.3 is 9.88 Å². The number of nitrogens with zero attached hydrogens (tertiary/aromatic N) is 3. The quantitative estimate of drug-likeness (QED) is 0.779. The lowest BCUT2D eigenvalue weighted by Crippen LogP contribution is -2.17. The first-order valence-corrected chi connectivity index (χ1v) is 6.36. The Morgan fingerprint density at radius 3 is 3.19 bits per heavy atom. The molecule has 0 fully saturated rings. The summed E-state index contributed by atoms with van der Waals surface area (Å²) in [6, 6.07) is 0. The smallest absolute Gasteiger partial charge is 0.122 e. The molecule has 2 rings (SSSR count). The number of nitrogens with one attached hydrogen (secondary N) is 1. The van der Waals surface area contributed by atoms with E-state index < -0.39 is 0 Å². The number of thiazole rings is 1. The Morgan fingerprint density at radius 1 is 1.50 bits per heavy atom. The molecule has 0 amide bonds. The Kier molecular flexibility index (Phi) is 4.07. The highest BCUT2D eigenvalue weighted by Gasteiger charge is 2.03. The van der Waals surface area contributed by atoms with Crippen LogP contribution in [0.3, 0.4) is 0 Å². The summed E-state index contributed by atoms with van der Waals surface area (Å²) in [6.07, 6.45) is 6.93. The number of hydrogen-bond donors (Lipinski definition) is 1. The van der Waals surface area contributed by atoms with Crippen molar-refractivity contribution in [2.45, 2.75) is 26.4 Å². The van der Waals surface area contributed by atoms with Crippen LogP contribution in [0, 0.1) is 0 Å². The zero-order valence-corrected chi connectivity index (χ0v) is 10.2. The third kappa shape index (κ3) is 2.90. The van der Waals surface area contributed by atoms with Gasteiger partial charge in [-0.1, -0.05) is 6.92 Å². The van der Waals surface area contributed by atoms with Crippen molar-refractivity contribution in [1.82, 2.24) is 19.9 Å². The third-order valence-corrected chi connectivity index (χ3v) is 3.09. The average Bonchev–Trinajstić information content (AvgIpc) is 2.92. The van der Waals surface area contributed by atoms with Crippen LogP contribution >= 0.6 is 11.3 Å². The highest BCUT2D eigenvalue weighted by molar-refractivity contribution is 7.09. The summed E-state index contributed by atoms with van der Waals surface area (Å²) >= 11 is 1.68. The van der Waals surface area contributed by atoms with Crippen molar-refractivity contribution in [2.75, 3.05) is 6.54 Å². The van der Waals surface area contributed by atoms with Crippen LogP contribution in [0.5, 0.6) is 0 Å². The van der Waals surface area contributed by atoms with Gasteiger partial charge in [-0.25, -0.2) is 4.98 Å². The molecule has 86 valence electrons. The maximum absolute atomic E-state index is 4.35. The molecule has 0 aliphatic rings. The fraction of sp³-hybridized carbons (Fsp3) is 0.455. The minimum Gasteiger partial charge on any atom is -0.329 e. The van der Waals surface area contributed by atoms with Crippen LogP contribution in [0.15, 0.2) is 24.1 Å². The maximum atomic E-state index is 4.35. The summed E-state index contributed by atoms with van der Waals surface area (Å²) in [5, 5.41) is 3.36. The van der Waals surface area contributed by atoms with Crippen molar-refractivity contribution in [3.8, 4) is 0 Å². The summed E-state index contributed by atoms with van der Waals surface area (Å²) in [5.41, 5.74) is 1.86. The second kappa shape index (κ2) is 5.77. The van der Waals surface area contributed by atoms with Gasteiger partial charge in [0.05, 0.1) is 18.6 Å². The lowest BCUT2D eigenvalue weighted by molar-refractivity contribution is 0.617. The lowest BCUT2D eigenvalue weighted by atomic mass is 10.4. The molecule has 0 aliphatic heterocycles. The fourth-order valence-corrected chi connectivity index (χ4v) is 2.11. The minimum absolute atomic E-state index is 0.833. The largest absolute Gasteiger partial charge is 0.329 e. The van der Waals surface area contributed by atoms with Crippen LogP contribution in [0.25, 0.3) is 0 Å².